The van der Waals surface area contributed by atoms with Crippen molar-refractivity contribution in [2.24, 2.45) is 0 Å². The van der Waals surface area contributed by atoms with Crippen LogP contribution in [-0.4, -0.2) is 23.7 Å². The Labute approximate surface area is 51.8 Å². The van der Waals surface area contributed by atoms with Crippen LogP contribution in [0.1, 0.15) is 6.42 Å². The molecule has 1 radical (unpaired) electrons. The van der Waals surface area contributed by atoms with Crippen LogP contribution in [0.4, 0.5) is 4.79 Å². The van der Waals surface area contributed by atoms with Gasteiger partial charge >= 0.3 is 12.0 Å². The molecule has 0 unspecified atom stereocenters. The molecule has 0 aliphatic rings. The minimum Gasteiger partial charge on any atom is -0.481 e. The standard InChI is InChI=1S/C4H7N2O3/c5-4(9)6-2-1-3(7)8/h5H,1-2H2,(H,6,9)(H,7,8). The van der Waals surface area contributed by atoms with Crippen molar-refractivity contribution in [1.29, 1.82) is 0 Å². The molecule has 0 aromatic rings. The fourth-order valence-electron chi connectivity index (χ4n) is 0.283. The Kier molecular flexibility index (Phi) is 3.19. The topological polar surface area (TPSA) is 90.2 Å². The van der Waals surface area contributed by atoms with Gasteiger partial charge < -0.3 is 10.4 Å². The van der Waals surface area contributed by atoms with E-state index in [1.165, 1.54) is 0 Å². The maximum absolute atomic E-state index is 9.79. The van der Waals surface area contributed by atoms with E-state index in [0.29, 0.717) is 0 Å². The van der Waals surface area contributed by atoms with Gasteiger partial charge in [-0.25, -0.2) is 10.5 Å². The largest absolute Gasteiger partial charge is 0.481 e. The highest BCUT2D eigenvalue weighted by molar-refractivity contribution is 5.72. The zero-order valence-corrected chi connectivity index (χ0v) is 4.68. The van der Waals surface area contributed by atoms with E-state index < -0.39 is 12.0 Å². The van der Waals surface area contributed by atoms with Crippen LogP contribution < -0.4 is 11.1 Å². The summed E-state index contributed by atoms with van der Waals surface area (Å²) in [6, 6.07) is -0.948. The lowest BCUT2D eigenvalue weighted by Crippen LogP contribution is -2.24. The van der Waals surface area contributed by atoms with Crippen LogP contribution in [0.15, 0.2) is 0 Å². The molecule has 51 valence electrons. The van der Waals surface area contributed by atoms with E-state index in [9.17, 15) is 9.59 Å². The molecule has 0 aliphatic carbocycles. The molecular weight excluding hydrogens is 124 g/mol. The minimum atomic E-state index is -0.983. The molecule has 0 aromatic heterocycles. The van der Waals surface area contributed by atoms with Crippen molar-refractivity contribution in [3.63, 3.8) is 0 Å². The summed E-state index contributed by atoms with van der Waals surface area (Å²) in [7, 11) is 0. The van der Waals surface area contributed by atoms with E-state index in [4.69, 9.17) is 10.8 Å². The summed E-state index contributed by atoms with van der Waals surface area (Å²) < 4.78 is 0. The van der Waals surface area contributed by atoms with Crippen molar-refractivity contribution in [2.75, 3.05) is 6.54 Å². The van der Waals surface area contributed by atoms with Gasteiger partial charge in [0.2, 0.25) is 0 Å². The summed E-state index contributed by atoms with van der Waals surface area (Å²) in [4.78, 5) is 19.6. The third-order valence-corrected chi connectivity index (χ3v) is 0.624. The lowest BCUT2D eigenvalue weighted by Gasteiger charge is -1.94. The Morgan fingerprint density at radius 3 is 2.44 bits per heavy atom. The maximum Gasteiger partial charge on any atom is 0.333 e. The van der Waals surface area contributed by atoms with Gasteiger partial charge in [0.1, 0.15) is 0 Å². The van der Waals surface area contributed by atoms with Crippen molar-refractivity contribution in [1.82, 2.24) is 11.1 Å². The molecule has 5 nitrogen and oxygen atoms in total. The van der Waals surface area contributed by atoms with Crippen LogP contribution in [0.2, 0.25) is 0 Å². The highest BCUT2D eigenvalue weighted by Gasteiger charge is 1.96. The van der Waals surface area contributed by atoms with Crippen molar-refractivity contribution in [3.8, 4) is 0 Å². The lowest BCUT2D eigenvalue weighted by molar-refractivity contribution is -0.136. The number of rotatable bonds is 3. The highest BCUT2D eigenvalue weighted by atomic mass is 16.4. The number of nitrogens with one attached hydrogen (secondary N) is 2. The van der Waals surface area contributed by atoms with Crippen LogP contribution in [0, 0.1) is 0 Å². The SMILES string of the molecule is [NH]C(=O)NCCC(=O)O. The molecule has 0 spiro atoms. The van der Waals surface area contributed by atoms with Crippen molar-refractivity contribution in [2.45, 2.75) is 6.42 Å². The first-order chi connectivity index (χ1) is 4.13. The van der Waals surface area contributed by atoms with Gasteiger partial charge in [-0.1, -0.05) is 0 Å². The molecule has 0 aromatic carbocycles. The summed E-state index contributed by atoms with van der Waals surface area (Å²) in [5, 5.41) is 10.0. The smallest absolute Gasteiger partial charge is 0.333 e. The molecule has 0 bridgehead atoms. The summed E-state index contributed by atoms with van der Waals surface area (Å²) in [6.45, 7) is 0.0255. The van der Waals surface area contributed by atoms with Gasteiger partial charge in [0.05, 0.1) is 6.42 Å². The van der Waals surface area contributed by atoms with Crippen LogP contribution >= 0.6 is 0 Å². The van der Waals surface area contributed by atoms with Gasteiger partial charge in [-0.05, 0) is 0 Å². The fraction of sp³-hybridized carbons (Fsp3) is 0.500. The highest BCUT2D eigenvalue weighted by Crippen LogP contribution is 1.73. The zero-order chi connectivity index (χ0) is 7.28. The molecule has 0 saturated heterocycles. The van der Waals surface area contributed by atoms with E-state index in [1.807, 2.05) is 5.32 Å². The van der Waals surface area contributed by atoms with Crippen LogP contribution in [0.5, 0.6) is 0 Å². The molecule has 0 atom stereocenters. The first-order valence-corrected chi connectivity index (χ1v) is 2.34. The van der Waals surface area contributed by atoms with E-state index in [-0.39, 0.29) is 13.0 Å². The second kappa shape index (κ2) is 3.71. The van der Waals surface area contributed by atoms with E-state index >= 15 is 0 Å². The predicted octanol–water partition coefficient (Wildman–Crippen LogP) is -0.546. The van der Waals surface area contributed by atoms with Gasteiger partial charge in [0, 0.05) is 6.54 Å². The van der Waals surface area contributed by atoms with Crippen molar-refractivity contribution >= 4 is 12.0 Å². The number of carboxylic acid groups (broad SMARTS) is 1. The normalized spacial score (nSPS) is 8.44. The molecule has 2 amide bonds. The summed E-state index contributed by atoms with van der Waals surface area (Å²) in [5.74, 6) is -0.983. The van der Waals surface area contributed by atoms with Crippen molar-refractivity contribution in [3.05, 3.63) is 0 Å². The summed E-state index contributed by atoms with van der Waals surface area (Å²) in [5.41, 5.74) is 6.28. The monoisotopic (exact) mass is 131 g/mol. The van der Waals surface area contributed by atoms with Crippen LogP contribution in [-0.2, 0) is 4.79 Å². The third-order valence-electron chi connectivity index (χ3n) is 0.624. The molecule has 9 heavy (non-hydrogen) atoms. The first kappa shape index (κ1) is 7.74. The summed E-state index contributed by atoms with van der Waals surface area (Å²) >= 11 is 0. The number of hydrogen-bond acceptors (Lipinski definition) is 2. The van der Waals surface area contributed by atoms with Gasteiger partial charge in [-0.15, -0.1) is 0 Å². The molecule has 0 aliphatic heterocycles. The van der Waals surface area contributed by atoms with E-state index in [2.05, 4.69) is 0 Å². The molecular formula is C4H7N2O3. The molecule has 0 rings (SSSR count). The number of urea groups is 1. The van der Waals surface area contributed by atoms with Crippen LogP contribution in [0.25, 0.3) is 0 Å². The van der Waals surface area contributed by atoms with Gasteiger partial charge in [-0.2, -0.15) is 0 Å². The second-order valence-corrected chi connectivity index (χ2v) is 1.40. The number of carbonyl (C=O) groups is 2. The number of carbonyl (C=O) groups excluding carboxylic acids is 1. The third kappa shape index (κ3) is 6.74. The maximum atomic E-state index is 9.79. The Hall–Kier alpha value is -1.26. The van der Waals surface area contributed by atoms with Gasteiger partial charge in [0.25, 0.3) is 0 Å². The Morgan fingerprint density at radius 2 is 2.11 bits per heavy atom. The average Bonchev–Trinajstić information content (AvgIpc) is 1.63. The van der Waals surface area contributed by atoms with Gasteiger partial charge in [0.15, 0.2) is 0 Å². The molecule has 0 heterocycles. The number of carboxylic acids is 1. The Bertz CT molecular complexity index is 109. The van der Waals surface area contributed by atoms with Crippen molar-refractivity contribution < 1.29 is 14.7 Å². The summed E-state index contributed by atoms with van der Waals surface area (Å²) in [6.07, 6.45) is -0.134. The second-order valence-electron chi connectivity index (χ2n) is 1.40. The fourth-order valence-corrected chi connectivity index (χ4v) is 0.283. The van der Waals surface area contributed by atoms with E-state index in [0.717, 1.165) is 0 Å². The van der Waals surface area contributed by atoms with E-state index in [1.54, 1.807) is 0 Å². The molecule has 3 N–H and O–H groups in total. The first-order valence-electron chi connectivity index (χ1n) is 2.34. The zero-order valence-electron chi connectivity index (χ0n) is 4.68. The molecule has 0 fully saturated rings. The Morgan fingerprint density at radius 1 is 1.56 bits per heavy atom. The van der Waals surface area contributed by atoms with Crippen LogP contribution in [0.3, 0.4) is 0 Å². The number of hydrogen-bond donors (Lipinski definition) is 2. The minimum absolute atomic E-state index is 0.0255. The predicted molar refractivity (Wildman–Crippen MR) is 28.7 cm³/mol. The quantitative estimate of drug-likeness (QED) is 0.538. The number of amides is 2. The lowest BCUT2D eigenvalue weighted by atomic mass is 10.4. The molecule has 0 saturated carbocycles. The van der Waals surface area contributed by atoms with Gasteiger partial charge in [-0.3, -0.25) is 4.79 Å². The number of aliphatic carboxylic acids is 1. The Balaban J connectivity index is 3.10. The molecule has 5 heteroatoms. The average molecular weight is 131 g/mol.